The van der Waals surface area contributed by atoms with Gasteiger partial charge in [-0.05, 0) is 69.4 Å². The van der Waals surface area contributed by atoms with Crippen LogP contribution in [0.5, 0.6) is 0 Å². The minimum atomic E-state index is -0.0333. The quantitative estimate of drug-likeness (QED) is 0.287. The van der Waals surface area contributed by atoms with Gasteiger partial charge in [0.2, 0.25) is 0 Å². The van der Waals surface area contributed by atoms with Crippen LogP contribution in [-0.2, 0) is 5.41 Å². The standard InChI is InChI=1S/C31H25N/c1-31(2)29-16-10-9-15-26(29)27-20-18-22-17-19-25(21-28(22)30(27)31)32(23-11-5-3-6-12-23)24-13-7-4-8-14-24/h3-21H,1-2H3. The third kappa shape index (κ3) is 2.78. The summed E-state index contributed by atoms with van der Waals surface area (Å²) in [7, 11) is 0. The summed E-state index contributed by atoms with van der Waals surface area (Å²) < 4.78 is 0. The molecule has 0 atom stereocenters. The number of nitrogens with zero attached hydrogens (tertiary/aromatic N) is 1. The first-order valence-electron chi connectivity index (χ1n) is 11.2. The largest absolute Gasteiger partial charge is 0.310 e. The lowest BCUT2D eigenvalue weighted by molar-refractivity contribution is 0.666. The molecule has 1 heteroatoms. The van der Waals surface area contributed by atoms with Crippen LogP contribution in [0.4, 0.5) is 17.1 Å². The molecule has 0 unspecified atom stereocenters. The van der Waals surface area contributed by atoms with Gasteiger partial charge in [-0.3, -0.25) is 0 Å². The molecule has 1 aliphatic rings. The summed E-state index contributed by atoms with van der Waals surface area (Å²) in [4.78, 5) is 2.34. The second-order valence-electron chi connectivity index (χ2n) is 9.07. The van der Waals surface area contributed by atoms with Crippen LogP contribution in [0.3, 0.4) is 0 Å². The number of hydrogen-bond acceptors (Lipinski definition) is 1. The highest BCUT2D eigenvalue weighted by Gasteiger charge is 2.36. The normalized spacial score (nSPS) is 13.6. The topological polar surface area (TPSA) is 3.24 Å². The Morgan fingerprint density at radius 3 is 1.81 bits per heavy atom. The predicted octanol–water partition coefficient (Wildman–Crippen LogP) is 8.62. The van der Waals surface area contributed by atoms with Gasteiger partial charge in [0.1, 0.15) is 0 Å². The fraction of sp³-hybridized carbons (Fsp3) is 0.0968. The molecule has 0 spiro atoms. The van der Waals surface area contributed by atoms with Gasteiger partial charge in [-0.25, -0.2) is 0 Å². The molecular formula is C31H25N. The van der Waals surface area contributed by atoms with Gasteiger partial charge in [0, 0.05) is 22.5 Å². The molecule has 0 N–H and O–H groups in total. The van der Waals surface area contributed by atoms with Gasteiger partial charge < -0.3 is 4.90 Å². The number of rotatable bonds is 3. The molecule has 0 saturated heterocycles. The van der Waals surface area contributed by atoms with Gasteiger partial charge in [0.05, 0.1) is 0 Å². The summed E-state index contributed by atoms with van der Waals surface area (Å²) in [6.07, 6.45) is 0. The maximum atomic E-state index is 2.38. The molecule has 1 aliphatic carbocycles. The van der Waals surface area contributed by atoms with Crippen molar-refractivity contribution >= 4 is 27.8 Å². The molecule has 6 rings (SSSR count). The Bertz CT molecular complexity index is 1390. The van der Waals surface area contributed by atoms with Crippen molar-refractivity contribution in [1.29, 1.82) is 0 Å². The highest BCUT2D eigenvalue weighted by atomic mass is 15.1. The fourth-order valence-corrected chi connectivity index (χ4v) is 5.34. The van der Waals surface area contributed by atoms with Crippen molar-refractivity contribution in [2.75, 3.05) is 4.90 Å². The van der Waals surface area contributed by atoms with Crippen LogP contribution >= 0.6 is 0 Å². The number of hydrogen-bond donors (Lipinski definition) is 0. The van der Waals surface area contributed by atoms with E-state index in [9.17, 15) is 0 Å². The van der Waals surface area contributed by atoms with Gasteiger partial charge in [0.25, 0.3) is 0 Å². The Morgan fingerprint density at radius 2 is 1.12 bits per heavy atom. The number of fused-ring (bicyclic) bond motifs is 5. The van der Waals surface area contributed by atoms with Crippen LogP contribution in [0.15, 0.2) is 115 Å². The lowest BCUT2D eigenvalue weighted by Crippen LogP contribution is -2.16. The zero-order chi connectivity index (χ0) is 21.7. The minimum absolute atomic E-state index is 0.0333. The van der Waals surface area contributed by atoms with Gasteiger partial charge in [-0.15, -0.1) is 0 Å². The Labute approximate surface area is 189 Å². The van der Waals surface area contributed by atoms with Gasteiger partial charge >= 0.3 is 0 Å². The molecular weight excluding hydrogens is 386 g/mol. The number of para-hydroxylation sites is 2. The van der Waals surface area contributed by atoms with Crippen molar-refractivity contribution < 1.29 is 0 Å². The van der Waals surface area contributed by atoms with Crippen molar-refractivity contribution in [3.8, 4) is 11.1 Å². The summed E-state index contributed by atoms with van der Waals surface area (Å²) >= 11 is 0. The first-order chi connectivity index (χ1) is 15.6. The van der Waals surface area contributed by atoms with Crippen molar-refractivity contribution in [2.24, 2.45) is 0 Å². The van der Waals surface area contributed by atoms with Gasteiger partial charge in [-0.1, -0.05) is 92.7 Å². The highest BCUT2D eigenvalue weighted by molar-refractivity contribution is 5.99. The molecule has 0 saturated carbocycles. The maximum Gasteiger partial charge on any atom is 0.0468 e. The Morgan fingerprint density at radius 1 is 0.531 bits per heavy atom. The molecule has 0 heterocycles. The molecule has 5 aromatic rings. The monoisotopic (exact) mass is 411 g/mol. The fourth-order valence-electron chi connectivity index (χ4n) is 5.34. The molecule has 0 fully saturated rings. The van der Waals surface area contributed by atoms with E-state index in [-0.39, 0.29) is 5.41 Å². The van der Waals surface area contributed by atoms with Crippen molar-refractivity contribution in [2.45, 2.75) is 19.3 Å². The second-order valence-corrected chi connectivity index (χ2v) is 9.07. The minimum Gasteiger partial charge on any atom is -0.310 e. The van der Waals surface area contributed by atoms with E-state index < -0.39 is 0 Å². The van der Waals surface area contributed by atoms with Crippen molar-refractivity contribution in [3.05, 3.63) is 126 Å². The Kier molecular flexibility index (Phi) is 4.19. The zero-order valence-electron chi connectivity index (χ0n) is 18.4. The van der Waals surface area contributed by atoms with Crippen LogP contribution in [0.25, 0.3) is 21.9 Å². The molecule has 0 aromatic heterocycles. The maximum absolute atomic E-state index is 2.38. The second kappa shape index (κ2) is 7.10. The van der Waals surface area contributed by atoms with Crippen molar-refractivity contribution in [3.63, 3.8) is 0 Å². The predicted molar refractivity (Wildman–Crippen MR) is 136 cm³/mol. The van der Waals surface area contributed by atoms with E-state index >= 15 is 0 Å². The Balaban J connectivity index is 1.61. The molecule has 5 aromatic carbocycles. The summed E-state index contributed by atoms with van der Waals surface area (Å²) in [6.45, 7) is 4.71. The molecule has 0 aliphatic heterocycles. The average molecular weight is 412 g/mol. The lowest BCUT2D eigenvalue weighted by Gasteiger charge is -2.27. The van der Waals surface area contributed by atoms with Crippen molar-refractivity contribution in [1.82, 2.24) is 0 Å². The van der Waals surface area contributed by atoms with E-state index in [4.69, 9.17) is 0 Å². The number of benzene rings is 5. The summed E-state index contributed by atoms with van der Waals surface area (Å²) in [5, 5.41) is 2.62. The van der Waals surface area contributed by atoms with Gasteiger partial charge in [-0.2, -0.15) is 0 Å². The smallest absolute Gasteiger partial charge is 0.0468 e. The summed E-state index contributed by atoms with van der Waals surface area (Å²) in [6, 6.07) is 41.5. The molecule has 0 radical (unpaired) electrons. The van der Waals surface area contributed by atoms with E-state index in [0.717, 1.165) is 11.4 Å². The number of anilines is 3. The first-order valence-corrected chi connectivity index (χ1v) is 11.2. The first kappa shape index (κ1) is 18.9. The molecule has 0 bridgehead atoms. The van der Waals surface area contributed by atoms with Crippen LogP contribution in [0.2, 0.25) is 0 Å². The van der Waals surface area contributed by atoms with E-state index in [2.05, 4.69) is 134 Å². The average Bonchev–Trinajstić information content (AvgIpc) is 3.08. The summed E-state index contributed by atoms with van der Waals surface area (Å²) in [5.74, 6) is 0. The zero-order valence-corrected chi connectivity index (χ0v) is 18.4. The summed E-state index contributed by atoms with van der Waals surface area (Å²) in [5.41, 5.74) is 9.03. The van der Waals surface area contributed by atoms with E-state index in [1.54, 1.807) is 0 Å². The highest BCUT2D eigenvalue weighted by Crippen LogP contribution is 2.51. The van der Waals surface area contributed by atoms with E-state index in [0.29, 0.717) is 0 Å². The van der Waals surface area contributed by atoms with Crippen LogP contribution in [0, 0.1) is 0 Å². The SMILES string of the molecule is CC1(C)c2ccccc2-c2ccc3ccc(N(c4ccccc4)c4ccccc4)cc3c21. The van der Waals surface area contributed by atoms with Crippen LogP contribution in [-0.4, -0.2) is 0 Å². The Hall–Kier alpha value is -3.84. The van der Waals surface area contributed by atoms with Crippen LogP contribution < -0.4 is 4.90 Å². The lowest BCUT2D eigenvalue weighted by atomic mass is 9.80. The molecule has 1 nitrogen and oxygen atoms in total. The van der Waals surface area contributed by atoms with Gasteiger partial charge in [0.15, 0.2) is 0 Å². The van der Waals surface area contributed by atoms with Crippen LogP contribution in [0.1, 0.15) is 25.0 Å². The molecule has 0 amide bonds. The van der Waals surface area contributed by atoms with E-state index in [1.807, 2.05) is 0 Å². The molecule has 32 heavy (non-hydrogen) atoms. The third-order valence-corrected chi connectivity index (χ3v) is 6.81. The molecule has 154 valence electrons. The van der Waals surface area contributed by atoms with E-state index in [1.165, 1.54) is 38.7 Å². The third-order valence-electron chi connectivity index (χ3n) is 6.81.